The van der Waals surface area contributed by atoms with Crippen LogP contribution in [0.25, 0.3) is 0 Å². The topological polar surface area (TPSA) is 36.0 Å². The van der Waals surface area contributed by atoms with E-state index in [9.17, 15) is 4.79 Å². The summed E-state index contributed by atoms with van der Waals surface area (Å²) in [6.07, 6.45) is 0. The van der Waals surface area contributed by atoms with E-state index in [1.54, 1.807) is 12.1 Å². The van der Waals surface area contributed by atoms with E-state index < -0.39 is 0 Å². The molecule has 7 heteroatoms. The molecule has 1 aliphatic rings. The molecular weight excluding hydrogens is 378 g/mol. The second-order valence-electron chi connectivity index (χ2n) is 6.69. The quantitative estimate of drug-likeness (QED) is 0.347. The molecule has 0 radical (unpaired) electrons. The number of ether oxygens (including phenoxy) is 1. The first kappa shape index (κ1) is 19.9. The summed E-state index contributed by atoms with van der Waals surface area (Å²) in [7, 11) is 3.92. The van der Waals surface area contributed by atoms with Crippen LogP contribution in [0.3, 0.4) is 0 Å². The highest BCUT2D eigenvalue weighted by Crippen LogP contribution is 2.23. The lowest BCUT2D eigenvalue weighted by Crippen LogP contribution is -2.47. The molecule has 1 heterocycles. The van der Waals surface area contributed by atoms with Crippen LogP contribution in [0.2, 0.25) is 0 Å². The third kappa shape index (κ3) is 5.12. The number of piperazine rings is 1. The van der Waals surface area contributed by atoms with Crippen molar-refractivity contribution in [1.29, 1.82) is 0 Å². The van der Waals surface area contributed by atoms with Crippen molar-refractivity contribution < 1.29 is 9.53 Å². The minimum Gasteiger partial charge on any atom is -0.423 e. The van der Waals surface area contributed by atoms with E-state index in [1.165, 1.54) is 0 Å². The Morgan fingerprint density at radius 3 is 2.07 bits per heavy atom. The van der Waals surface area contributed by atoms with Crippen molar-refractivity contribution >= 4 is 42.6 Å². The van der Waals surface area contributed by atoms with Gasteiger partial charge in [0.05, 0.1) is 10.3 Å². The fourth-order valence-corrected chi connectivity index (χ4v) is 3.46. The monoisotopic (exact) mass is 403 g/mol. The molecule has 1 fully saturated rings. The second-order valence-corrected chi connectivity index (χ2v) is 8.08. The standard InChI is InChI=1S/C20H25N3O2S2/c1-21(2)16-5-3-15(4-6-16)19(24)25-18-9-7-17(8-10-18)22-11-13-23(14-12-22)20(26)27/h3-10,20,26-27H,11-14H2,1-2H3. The summed E-state index contributed by atoms with van der Waals surface area (Å²) in [5.41, 5.74) is 2.70. The summed E-state index contributed by atoms with van der Waals surface area (Å²) in [5.74, 6) is 0.195. The van der Waals surface area contributed by atoms with Crippen LogP contribution in [0.1, 0.15) is 10.4 Å². The highest BCUT2D eigenvalue weighted by Gasteiger charge is 2.20. The lowest BCUT2D eigenvalue weighted by molar-refractivity contribution is 0.0735. The molecule has 144 valence electrons. The first-order chi connectivity index (χ1) is 12.9. The van der Waals surface area contributed by atoms with Crippen LogP contribution in [0.4, 0.5) is 11.4 Å². The molecule has 1 saturated heterocycles. The lowest BCUT2D eigenvalue weighted by Gasteiger charge is -2.37. The van der Waals surface area contributed by atoms with E-state index in [1.807, 2.05) is 55.4 Å². The van der Waals surface area contributed by atoms with Crippen molar-refractivity contribution in [2.45, 2.75) is 4.71 Å². The van der Waals surface area contributed by atoms with Crippen molar-refractivity contribution in [1.82, 2.24) is 4.90 Å². The largest absolute Gasteiger partial charge is 0.423 e. The molecule has 0 N–H and O–H groups in total. The Morgan fingerprint density at radius 1 is 0.963 bits per heavy atom. The number of anilines is 2. The maximum absolute atomic E-state index is 12.3. The maximum atomic E-state index is 12.3. The number of thiol groups is 2. The highest BCUT2D eigenvalue weighted by atomic mass is 32.2. The smallest absolute Gasteiger partial charge is 0.343 e. The number of carbonyl (C=O) groups excluding carboxylic acids is 1. The van der Waals surface area contributed by atoms with Gasteiger partial charge < -0.3 is 14.5 Å². The summed E-state index contributed by atoms with van der Waals surface area (Å²) in [4.78, 5) is 18.8. The molecule has 5 nitrogen and oxygen atoms in total. The zero-order chi connectivity index (χ0) is 19.4. The van der Waals surface area contributed by atoms with Crippen LogP contribution >= 0.6 is 25.3 Å². The molecule has 3 rings (SSSR count). The van der Waals surface area contributed by atoms with Gasteiger partial charge in [-0.05, 0) is 48.5 Å². The van der Waals surface area contributed by atoms with Crippen LogP contribution in [0, 0.1) is 0 Å². The summed E-state index contributed by atoms with van der Waals surface area (Å²) < 4.78 is 5.48. The summed E-state index contributed by atoms with van der Waals surface area (Å²) in [6.45, 7) is 3.71. The van der Waals surface area contributed by atoms with E-state index >= 15 is 0 Å². The Kier molecular flexibility index (Phi) is 6.57. The Balaban J connectivity index is 1.58. The highest BCUT2D eigenvalue weighted by molar-refractivity contribution is 7.99. The van der Waals surface area contributed by atoms with Gasteiger partial charge in [-0.3, -0.25) is 4.90 Å². The number of rotatable bonds is 5. The maximum Gasteiger partial charge on any atom is 0.343 e. The van der Waals surface area contributed by atoms with E-state index in [2.05, 4.69) is 35.1 Å². The van der Waals surface area contributed by atoms with Gasteiger partial charge in [0.1, 0.15) is 5.75 Å². The predicted molar refractivity (Wildman–Crippen MR) is 118 cm³/mol. The molecular formula is C20H25N3O2S2. The normalized spacial score (nSPS) is 15.1. The third-order valence-electron chi connectivity index (χ3n) is 4.67. The van der Waals surface area contributed by atoms with Gasteiger partial charge in [0, 0.05) is 51.6 Å². The molecule has 0 aliphatic carbocycles. The van der Waals surface area contributed by atoms with E-state index in [4.69, 9.17) is 4.74 Å². The van der Waals surface area contributed by atoms with Gasteiger partial charge in [-0.15, -0.1) is 25.3 Å². The number of hydrogen-bond acceptors (Lipinski definition) is 7. The average molecular weight is 404 g/mol. The Hall–Kier alpha value is -1.83. The number of hydrogen-bond donors (Lipinski definition) is 2. The van der Waals surface area contributed by atoms with Crippen LogP contribution in [-0.4, -0.2) is 55.8 Å². The minimum absolute atomic E-state index is 0.0132. The molecule has 2 aromatic rings. The molecule has 0 amide bonds. The van der Waals surface area contributed by atoms with Crippen molar-refractivity contribution in [3.05, 3.63) is 54.1 Å². The fraction of sp³-hybridized carbons (Fsp3) is 0.350. The van der Waals surface area contributed by atoms with Crippen molar-refractivity contribution in [3.63, 3.8) is 0 Å². The van der Waals surface area contributed by atoms with Gasteiger partial charge >= 0.3 is 5.97 Å². The molecule has 0 saturated carbocycles. The lowest BCUT2D eigenvalue weighted by atomic mass is 10.2. The first-order valence-corrected chi connectivity index (χ1v) is 9.92. The molecule has 1 aliphatic heterocycles. The Morgan fingerprint density at radius 2 is 1.56 bits per heavy atom. The Bertz CT molecular complexity index is 756. The summed E-state index contributed by atoms with van der Waals surface area (Å²) >= 11 is 8.74. The van der Waals surface area contributed by atoms with Crippen molar-refractivity contribution in [3.8, 4) is 5.75 Å². The zero-order valence-corrected chi connectivity index (χ0v) is 17.4. The molecule has 0 atom stereocenters. The van der Waals surface area contributed by atoms with Crippen LogP contribution in [0.5, 0.6) is 5.75 Å². The molecule has 2 aromatic carbocycles. The Labute approximate surface area is 171 Å². The van der Waals surface area contributed by atoms with Gasteiger partial charge in [0.2, 0.25) is 0 Å². The van der Waals surface area contributed by atoms with Gasteiger partial charge in [0.15, 0.2) is 0 Å². The van der Waals surface area contributed by atoms with Crippen LogP contribution in [-0.2, 0) is 0 Å². The second kappa shape index (κ2) is 8.91. The predicted octanol–water partition coefficient (Wildman–Crippen LogP) is 3.24. The van der Waals surface area contributed by atoms with E-state index in [0.717, 1.165) is 37.6 Å². The first-order valence-electron chi connectivity index (χ1n) is 8.89. The van der Waals surface area contributed by atoms with Gasteiger partial charge in [-0.2, -0.15) is 0 Å². The number of esters is 1. The fourth-order valence-electron chi connectivity index (χ4n) is 3.00. The minimum atomic E-state index is -0.352. The molecule has 27 heavy (non-hydrogen) atoms. The summed E-state index contributed by atoms with van der Waals surface area (Å²) in [6, 6.07) is 15.0. The van der Waals surface area contributed by atoms with Gasteiger partial charge in [-0.25, -0.2) is 4.79 Å². The van der Waals surface area contributed by atoms with Gasteiger partial charge in [-0.1, -0.05) is 0 Å². The van der Waals surface area contributed by atoms with Crippen LogP contribution in [0.15, 0.2) is 48.5 Å². The van der Waals surface area contributed by atoms with Crippen molar-refractivity contribution in [2.75, 3.05) is 50.1 Å². The zero-order valence-electron chi connectivity index (χ0n) is 15.6. The number of benzene rings is 2. The van der Waals surface area contributed by atoms with Crippen LogP contribution < -0.4 is 14.5 Å². The molecule has 0 unspecified atom stereocenters. The molecule has 0 spiro atoms. The molecule has 0 bridgehead atoms. The van der Waals surface area contributed by atoms with Gasteiger partial charge in [0.25, 0.3) is 0 Å². The summed E-state index contributed by atoms with van der Waals surface area (Å²) in [5, 5.41) is 0. The SMILES string of the molecule is CN(C)c1ccc(C(=O)Oc2ccc(N3CCN(C(S)S)CC3)cc2)cc1. The molecule has 0 aromatic heterocycles. The third-order valence-corrected chi connectivity index (χ3v) is 5.33. The number of nitrogens with zero attached hydrogens (tertiary/aromatic N) is 3. The van der Waals surface area contributed by atoms with E-state index in [0.29, 0.717) is 11.3 Å². The van der Waals surface area contributed by atoms with E-state index in [-0.39, 0.29) is 10.7 Å². The average Bonchev–Trinajstić information content (AvgIpc) is 2.68. The number of carbonyl (C=O) groups is 1. The van der Waals surface area contributed by atoms with Crippen molar-refractivity contribution in [2.24, 2.45) is 0 Å².